The monoisotopic (exact) mass is 276 g/mol. The normalized spacial score (nSPS) is 10.4. The Bertz CT molecular complexity index is 497. The summed E-state index contributed by atoms with van der Waals surface area (Å²) in [5.74, 6) is 0.844. The number of hydrogen-bond acceptors (Lipinski definition) is 3. The van der Waals surface area contributed by atoms with Gasteiger partial charge >= 0.3 is 0 Å². The quantitative estimate of drug-likeness (QED) is 0.798. The third kappa shape index (κ3) is 4.52. The molecule has 4 heteroatoms. The molecule has 0 saturated heterocycles. The lowest BCUT2D eigenvalue weighted by Gasteiger charge is -2.06. The van der Waals surface area contributed by atoms with Gasteiger partial charge in [0.15, 0.2) is 0 Å². The van der Waals surface area contributed by atoms with Crippen molar-refractivity contribution in [2.75, 3.05) is 0 Å². The Labute approximate surface area is 118 Å². The summed E-state index contributed by atoms with van der Waals surface area (Å²) in [6.07, 6.45) is 6.71. The van der Waals surface area contributed by atoms with E-state index in [1.807, 2.05) is 12.1 Å². The molecule has 19 heavy (non-hydrogen) atoms. The molecule has 0 atom stereocenters. The number of benzene rings is 1. The van der Waals surface area contributed by atoms with E-state index >= 15 is 0 Å². The molecule has 0 amide bonds. The van der Waals surface area contributed by atoms with Crippen LogP contribution >= 0.6 is 11.6 Å². The molecule has 0 spiro atoms. The van der Waals surface area contributed by atoms with Crippen molar-refractivity contribution in [1.29, 1.82) is 0 Å². The van der Waals surface area contributed by atoms with Crippen molar-refractivity contribution in [3.8, 4) is 5.75 Å². The van der Waals surface area contributed by atoms with Crippen LogP contribution in [0.25, 0.3) is 0 Å². The number of aromatic nitrogens is 2. The first-order valence-electron chi connectivity index (χ1n) is 6.46. The number of hydrogen-bond donors (Lipinski definition) is 0. The van der Waals surface area contributed by atoms with Gasteiger partial charge < -0.3 is 4.74 Å². The van der Waals surface area contributed by atoms with Gasteiger partial charge in [-0.15, -0.1) is 0 Å². The number of aryl methyl sites for hydroxylation is 1. The van der Waals surface area contributed by atoms with E-state index in [0.717, 1.165) is 17.9 Å². The third-order valence-corrected chi connectivity index (χ3v) is 3.00. The summed E-state index contributed by atoms with van der Waals surface area (Å²) in [6.45, 7) is 2.60. The van der Waals surface area contributed by atoms with Crippen molar-refractivity contribution in [2.45, 2.75) is 32.8 Å². The van der Waals surface area contributed by atoms with Gasteiger partial charge in [-0.1, -0.05) is 37.1 Å². The largest absolute Gasteiger partial charge is 0.487 e. The topological polar surface area (TPSA) is 35.0 Å². The van der Waals surface area contributed by atoms with E-state index in [2.05, 4.69) is 29.0 Å². The predicted molar refractivity (Wildman–Crippen MR) is 76.4 cm³/mol. The van der Waals surface area contributed by atoms with Crippen LogP contribution in [-0.2, 0) is 13.0 Å². The maximum absolute atomic E-state index is 5.67. The van der Waals surface area contributed by atoms with E-state index in [0.29, 0.717) is 11.8 Å². The molecule has 100 valence electrons. The Morgan fingerprint density at radius 3 is 2.53 bits per heavy atom. The first-order chi connectivity index (χ1) is 9.28. The molecule has 0 radical (unpaired) electrons. The molecular formula is C15H17ClN2O. The van der Waals surface area contributed by atoms with Crippen molar-refractivity contribution >= 4 is 11.6 Å². The molecule has 2 rings (SSSR count). The molecule has 0 aliphatic carbocycles. The zero-order valence-electron chi connectivity index (χ0n) is 11.0. The van der Waals surface area contributed by atoms with E-state index in [1.165, 1.54) is 24.6 Å². The Hall–Kier alpha value is -1.61. The van der Waals surface area contributed by atoms with Gasteiger partial charge in [0, 0.05) is 0 Å². The van der Waals surface area contributed by atoms with Crippen LogP contribution < -0.4 is 4.74 Å². The highest BCUT2D eigenvalue weighted by Crippen LogP contribution is 2.15. The van der Waals surface area contributed by atoms with Crippen molar-refractivity contribution in [3.63, 3.8) is 0 Å². The maximum Gasteiger partial charge on any atom is 0.147 e. The molecule has 3 nitrogen and oxygen atoms in total. The fourth-order valence-electron chi connectivity index (χ4n) is 1.70. The van der Waals surface area contributed by atoms with Crippen LogP contribution in [0.15, 0.2) is 36.7 Å². The summed E-state index contributed by atoms with van der Waals surface area (Å²) in [7, 11) is 0. The minimum absolute atomic E-state index is 0.393. The summed E-state index contributed by atoms with van der Waals surface area (Å²) in [6, 6.07) is 8.21. The van der Waals surface area contributed by atoms with E-state index < -0.39 is 0 Å². The zero-order valence-corrected chi connectivity index (χ0v) is 11.7. The average molecular weight is 277 g/mol. The summed E-state index contributed by atoms with van der Waals surface area (Å²) in [5, 5.41) is 0.393. The lowest BCUT2D eigenvalue weighted by atomic mass is 10.1. The number of unbranched alkanes of at least 4 members (excludes halogenated alkanes) is 1. The second kappa shape index (κ2) is 7.10. The molecule has 1 aromatic carbocycles. The Morgan fingerprint density at radius 2 is 1.89 bits per heavy atom. The molecule has 0 aliphatic rings. The van der Waals surface area contributed by atoms with Crippen LogP contribution in [0, 0.1) is 0 Å². The van der Waals surface area contributed by atoms with Gasteiger partial charge in [-0.25, -0.2) is 4.98 Å². The van der Waals surface area contributed by atoms with Gasteiger partial charge in [-0.3, -0.25) is 4.98 Å². The van der Waals surface area contributed by atoms with E-state index in [4.69, 9.17) is 16.3 Å². The van der Waals surface area contributed by atoms with E-state index in [-0.39, 0.29) is 0 Å². The smallest absolute Gasteiger partial charge is 0.147 e. The van der Waals surface area contributed by atoms with Crippen LogP contribution in [-0.4, -0.2) is 9.97 Å². The highest BCUT2D eigenvalue weighted by atomic mass is 35.5. The lowest BCUT2D eigenvalue weighted by Crippen LogP contribution is -1.99. The molecule has 0 bridgehead atoms. The van der Waals surface area contributed by atoms with Crippen molar-refractivity contribution in [1.82, 2.24) is 9.97 Å². The summed E-state index contributed by atoms with van der Waals surface area (Å²) >= 11 is 5.67. The van der Waals surface area contributed by atoms with Gasteiger partial charge in [-0.05, 0) is 30.5 Å². The molecular weight excluding hydrogens is 260 g/mol. The lowest BCUT2D eigenvalue weighted by molar-refractivity contribution is 0.300. The molecule has 1 aromatic heterocycles. The third-order valence-electron chi connectivity index (χ3n) is 2.80. The summed E-state index contributed by atoms with van der Waals surface area (Å²) < 4.78 is 5.65. The van der Waals surface area contributed by atoms with Crippen LogP contribution in [0.4, 0.5) is 0 Å². The van der Waals surface area contributed by atoms with Crippen LogP contribution in [0.3, 0.4) is 0 Å². The predicted octanol–water partition coefficient (Wildman–Crippen LogP) is 4.05. The highest BCUT2D eigenvalue weighted by molar-refractivity contribution is 6.29. The minimum Gasteiger partial charge on any atom is -0.487 e. The number of nitrogens with zero attached hydrogens (tertiary/aromatic N) is 2. The van der Waals surface area contributed by atoms with Gasteiger partial charge in [-0.2, -0.15) is 0 Å². The average Bonchev–Trinajstić information content (AvgIpc) is 2.46. The molecule has 0 N–H and O–H groups in total. The number of ether oxygens (including phenoxy) is 1. The highest BCUT2D eigenvalue weighted by Gasteiger charge is 1.99. The molecule has 2 aromatic rings. The molecule has 0 fully saturated rings. The second-order valence-corrected chi connectivity index (χ2v) is 4.75. The first kappa shape index (κ1) is 13.8. The Balaban J connectivity index is 1.87. The Morgan fingerprint density at radius 1 is 1.11 bits per heavy atom. The van der Waals surface area contributed by atoms with Crippen LogP contribution in [0.5, 0.6) is 5.75 Å². The van der Waals surface area contributed by atoms with Gasteiger partial charge in [0.2, 0.25) is 0 Å². The SMILES string of the molecule is CCCCc1ccc(OCc2cnc(Cl)cn2)cc1. The minimum atomic E-state index is 0.393. The van der Waals surface area contributed by atoms with E-state index in [1.54, 1.807) is 6.20 Å². The fourth-order valence-corrected chi connectivity index (χ4v) is 1.80. The first-order valence-corrected chi connectivity index (χ1v) is 6.84. The zero-order chi connectivity index (χ0) is 13.5. The van der Waals surface area contributed by atoms with Crippen LogP contribution in [0.1, 0.15) is 31.0 Å². The van der Waals surface area contributed by atoms with Gasteiger partial charge in [0.1, 0.15) is 17.5 Å². The second-order valence-electron chi connectivity index (χ2n) is 4.37. The van der Waals surface area contributed by atoms with Crippen molar-refractivity contribution < 1.29 is 4.74 Å². The van der Waals surface area contributed by atoms with Gasteiger partial charge in [0.25, 0.3) is 0 Å². The Kier molecular flexibility index (Phi) is 5.16. The number of rotatable bonds is 6. The van der Waals surface area contributed by atoms with E-state index in [9.17, 15) is 0 Å². The standard InChI is InChI=1S/C15H17ClN2O/c1-2-3-4-12-5-7-14(8-6-12)19-11-13-9-18-15(16)10-17-13/h5-10H,2-4,11H2,1H3. The molecule has 0 unspecified atom stereocenters. The molecule has 0 aliphatic heterocycles. The van der Waals surface area contributed by atoms with Crippen molar-refractivity contribution in [3.05, 3.63) is 53.1 Å². The molecule has 0 saturated carbocycles. The van der Waals surface area contributed by atoms with Crippen LogP contribution in [0.2, 0.25) is 5.15 Å². The fraction of sp³-hybridized carbons (Fsp3) is 0.333. The number of halogens is 1. The van der Waals surface area contributed by atoms with Gasteiger partial charge in [0.05, 0.1) is 18.1 Å². The molecule has 1 heterocycles. The maximum atomic E-state index is 5.67. The van der Waals surface area contributed by atoms with Crippen molar-refractivity contribution in [2.24, 2.45) is 0 Å². The summed E-state index contributed by atoms with van der Waals surface area (Å²) in [4.78, 5) is 8.09. The summed E-state index contributed by atoms with van der Waals surface area (Å²) in [5.41, 5.74) is 2.11.